The Labute approximate surface area is 70.9 Å². The third-order valence-electron chi connectivity index (χ3n) is 1.03. The fourth-order valence-electron chi connectivity index (χ4n) is 0.406. The van der Waals surface area contributed by atoms with E-state index >= 15 is 0 Å². The Morgan fingerprint density at radius 1 is 1.25 bits per heavy atom. The number of alkyl halides is 4. The van der Waals surface area contributed by atoms with Crippen LogP contribution in [0.1, 0.15) is 6.92 Å². The second-order valence-electron chi connectivity index (χ2n) is 2.38. The molecule has 8 heteroatoms. The van der Waals surface area contributed by atoms with Crippen LogP contribution < -0.4 is 0 Å². The lowest BCUT2D eigenvalue weighted by Crippen LogP contribution is -2.42. The van der Waals surface area contributed by atoms with Crippen LogP contribution in [-0.2, 0) is 9.05 Å². The molecule has 0 rings (SSSR count). The molecule has 0 aliphatic carbocycles. The lowest BCUT2D eigenvalue weighted by atomic mass is 10.2. The second-order valence-corrected chi connectivity index (χ2v) is 5.16. The molecular weight excluding hydrogens is 224 g/mol. The summed E-state index contributed by atoms with van der Waals surface area (Å²) >= 11 is 0. The first-order chi connectivity index (χ1) is 4.96. The highest BCUT2D eigenvalue weighted by atomic mass is 35.7. The van der Waals surface area contributed by atoms with Gasteiger partial charge in [0.1, 0.15) is 5.75 Å². The summed E-state index contributed by atoms with van der Waals surface area (Å²) in [5.74, 6) is -1.77. The molecule has 0 aliphatic rings. The minimum atomic E-state index is -5.23. The Balaban J connectivity index is 4.67. The Morgan fingerprint density at radius 2 is 1.58 bits per heavy atom. The fraction of sp³-hybridized carbons (Fsp3) is 1.00. The van der Waals surface area contributed by atoms with E-state index in [-0.39, 0.29) is 6.92 Å². The molecule has 2 nitrogen and oxygen atoms in total. The van der Waals surface area contributed by atoms with Gasteiger partial charge in [-0.3, -0.25) is 0 Å². The maximum atomic E-state index is 12.5. The van der Waals surface area contributed by atoms with Crippen molar-refractivity contribution in [3.05, 3.63) is 0 Å². The SMILES string of the molecule is CC(F)(CS(=O)(=O)Cl)C(F)(F)F. The molecule has 0 aromatic carbocycles. The number of hydrogen-bond donors (Lipinski definition) is 0. The first kappa shape index (κ1) is 12.0. The van der Waals surface area contributed by atoms with Crippen molar-refractivity contribution in [1.82, 2.24) is 0 Å². The van der Waals surface area contributed by atoms with Gasteiger partial charge in [-0.05, 0) is 6.92 Å². The van der Waals surface area contributed by atoms with Crippen molar-refractivity contribution in [1.29, 1.82) is 0 Å². The first-order valence-corrected chi connectivity index (χ1v) is 5.11. The molecule has 0 saturated carbocycles. The van der Waals surface area contributed by atoms with Gasteiger partial charge in [-0.25, -0.2) is 12.8 Å². The van der Waals surface area contributed by atoms with E-state index in [4.69, 9.17) is 0 Å². The van der Waals surface area contributed by atoms with Crippen LogP contribution in [0.4, 0.5) is 17.6 Å². The van der Waals surface area contributed by atoms with Crippen LogP contribution >= 0.6 is 10.7 Å². The number of rotatable bonds is 2. The van der Waals surface area contributed by atoms with Crippen molar-refractivity contribution in [2.45, 2.75) is 18.8 Å². The molecule has 1 unspecified atom stereocenters. The number of hydrogen-bond acceptors (Lipinski definition) is 2. The van der Waals surface area contributed by atoms with Crippen molar-refractivity contribution in [2.75, 3.05) is 5.75 Å². The maximum absolute atomic E-state index is 12.5. The van der Waals surface area contributed by atoms with Crippen LogP contribution in [0, 0.1) is 0 Å². The minimum absolute atomic E-state index is 0.118. The molecule has 12 heavy (non-hydrogen) atoms. The second kappa shape index (κ2) is 3.02. The van der Waals surface area contributed by atoms with Crippen LogP contribution in [0.5, 0.6) is 0 Å². The first-order valence-electron chi connectivity index (χ1n) is 2.64. The molecule has 0 saturated heterocycles. The highest BCUT2D eigenvalue weighted by Gasteiger charge is 2.54. The van der Waals surface area contributed by atoms with Crippen molar-refractivity contribution >= 4 is 19.7 Å². The predicted molar refractivity (Wildman–Crippen MR) is 35.2 cm³/mol. The van der Waals surface area contributed by atoms with Crippen molar-refractivity contribution in [3.63, 3.8) is 0 Å². The zero-order chi connectivity index (χ0) is 10.2. The van der Waals surface area contributed by atoms with Gasteiger partial charge in [-0.1, -0.05) is 0 Å². The summed E-state index contributed by atoms with van der Waals surface area (Å²) < 4.78 is 67.7. The Morgan fingerprint density at radius 3 is 1.67 bits per heavy atom. The fourth-order valence-corrected chi connectivity index (χ4v) is 1.83. The predicted octanol–water partition coefficient (Wildman–Crippen LogP) is 1.85. The van der Waals surface area contributed by atoms with Crippen LogP contribution in [0.15, 0.2) is 0 Å². The topological polar surface area (TPSA) is 34.1 Å². The van der Waals surface area contributed by atoms with Gasteiger partial charge in [0, 0.05) is 10.7 Å². The zero-order valence-corrected chi connectivity index (χ0v) is 7.39. The molecule has 0 bridgehead atoms. The van der Waals surface area contributed by atoms with E-state index in [0.717, 1.165) is 0 Å². The van der Waals surface area contributed by atoms with E-state index in [1.54, 1.807) is 0 Å². The van der Waals surface area contributed by atoms with Crippen molar-refractivity contribution in [3.8, 4) is 0 Å². The summed E-state index contributed by atoms with van der Waals surface area (Å²) in [7, 11) is -0.0318. The molecular formula is C4H5ClF4O2S. The van der Waals surface area contributed by atoms with Gasteiger partial charge in [0.05, 0.1) is 0 Å². The summed E-state index contributed by atoms with van der Waals surface area (Å²) in [6.45, 7) is 0.118. The molecule has 1 atom stereocenters. The van der Waals surface area contributed by atoms with Crippen LogP contribution in [0.2, 0.25) is 0 Å². The molecule has 0 radical (unpaired) electrons. The van der Waals surface area contributed by atoms with Gasteiger partial charge >= 0.3 is 6.18 Å². The molecule has 0 N–H and O–H groups in total. The molecule has 0 spiro atoms. The van der Waals surface area contributed by atoms with Crippen LogP contribution in [-0.4, -0.2) is 26.0 Å². The summed E-state index contributed by atoms with van der Waals surface area (Å²) in [6.07, 6.45) is -5.23. The molecule has 74 valence electrons. The third kappa shape index (κ3) is 3.57. The minimum Gasteiger partial charge on any atom is -0.233 e. The van der Waals surface area contributed by atoms with Gasteiger partial charge < -0.3 is 0 Å². The highest BCUT2D eigenvalue weighted by Crippen LogP contribution is 2.35. The van der Waals surface area contributed by atoms with E-state index in [9.17, 15) is 26.0 Å². The highest BCUT2D eigenvalue weighted by molar-refractivity contribution is 8.13. The molecule has 0 amide bonds. The maximum Gasteiger partial charge on any atom is 0.423 e. The van der Waals surface area contributed by atoms with Gasteiger partial charge in [0.25, 0.3) is 0 Å². The van der Waals surface area contributed by atoms with Crippen LogP contribution in [0.3, 0.4) is 0 Å². The molecule has 0 aliphatic heterocycles. The average molecular weight is 229 g/mol. The van der Waals surface area contributed by atoms with Crippen molar-refractivity contribution in [2.24, 2.45) is 0 Å². The van der Waals surface area contributed by atoms with E-state index in [1.807, 2.05) is 0 Å². The van der Waals surface area contributed by atoms with E-state index < -0.39 is 26.6 Å². The standard InChI is InChI=1S/C4H5ClF4O2S/c1-3(6,4(7,8)9)2-12(5,10)11/h2H2,1H3. The molecule has 0 heterocycles. The summed E-state index contributed by atoms with van der Waals surface area (Å²) in [6, 6.07) is 0. The molecule has 0 aromatic heterocycles. The van der Waals surface area contributed by atoms with Gasteiger partial charge in [0.2, 0.25) is 14.7 Å². The summed E-state index contributed by atoms with van der Waals surface area (Å²) in [5, 5.41) is 0. The normalized spacial score (nSPS) is 18.8. The lowest BCUT2D eigenvalue weighted by molar-refractivity contribution is -0.215. The Kier molecular flexibility index (Phi) is 3.01. The van der Waals surface area contributed by atoms with E-state index in [2.05, 4.69) is 10.7 Å². The van der Waals surface area contributed by atoms with Crippen LogP contribution in [0.25, 0.3) is 0 Å². The van der Waals surface area contributed by atoms with Gasteiger partial charge in [-0.2, -0.15) is 13.2 Å². The van der Waals surface area contributed by atoms with Crippen molar-refractivity contribution < 1.29 is 26.0 Å². The summed E-state index contributed by atoms with van der Waals surface area (Å²) in [5.41, 5.74) is -3.80. The van der Waals surface area contributed by atoms with Gasteiger partial charge in [-0.15, -0.1) is 0 Å². The average Bonchev–Trinajstić information content (AvgIpc) is 1.52. The largest absolute Gasteiger partial charge is 0.423 e. The number of halogens is 5. The summed E-state index contributed by atoms with van der Waals surface area (Å²) in [4.78, 5) is 0. The zero-order valence-electron chi connectivity index (χ0n) is 5.82. The van der Waals surface area contributed by atoms with E-state index in [0.29, 0.717) is 0 Å². The Hall–Kier alpha value is -0.0400. The monoisotopic (exact) mass is 228 g/mol. The molecule has 0 aromatic rings. The Bertz CT molecular complexity index is 255. The van der Waals surface area contributed by atoms with Gasteiger partial charge in [0.15, 0.2) is 0 Å². The smallest absolute Gasteiger partial charge is 0.233 e. The molecule has 0 fully saturated rings. The quantitative estimate of drug-likeness (QED) is 0.534. The third-order valence-corrected chi connectivity index (χ3v) is 2.25. The van der Waals surface area contributed by atoms with E-state index in [1.165, 1.54) is 0 Å². The lowest BCUT2D eigenvalue weighted by Gasteiger charge is -2.21.